The molecule has 0 radical (unpaired) electrons. The van der Waals surface area contributed by atoms with E-state index in [0.29, 0.717) is 0 Å². The van der Waals surface area contributed by atoms with Crippen molar-refractivity contribution in [3.05, 3.63) is 38.4 Å². The number of imidazole rings is 1. The zero-order valence-electron chi connectivity index (χ0n) is 16.3. The third kappa shape index (κ3) is 17.8. The number of ether oxygens (including phenoxy) is 1. The van der Waals surface area contributed by atoms with Crippen molar-refractivity contribution in [3.63, 3.8) is 0 Å². The first kappa shape index (κ1) is 27.0. The van der Waals surface area contributed by atoms with Gasteiger partial charge in [0.1, 0.15) is 19.8 Å². The summed E-state index contributed by atoms with van der Waals surface area (Å²) in [6.45, 7) is -0.507. The van der Waals surface area contributed by atoms with Crippen LogP contribution in [0.3, 0.4) is 0 Å². The molecule has 1 atom stereocenters. The Bertz CT molecular complexity index is 712. The lowest BCUT2D eigenvalue weighted by Crippen LogP contribution is -2.35. The Balaban J connectivity index is 0.00000127. The molecule has 174 valence electrons. The van der Waals surface area contributed by atoms with Gasteiger partial charge in [-0.1, -0.05) is 0 Å². The van der Waals surface area contributed by atoms with Gasteiger partial charge in [-0.3, -0.25) is 14.4 Å². The van der Waals surface area contributed by atoms with Crippen molar-refractivity contribution in [2.75, 3.05) is 32.9 Å². The highest BCUT2D eigenvalue weighted by atomic mass is 17.0. The molecule has 0 aliphatic carbocycles. The van der Waals surface area contributed by atoms with E-state index in [1.54, 1.807) is 12.5 Å². The summed E-state index contributed by atoms with van der Waals surface area (Å²) in [7, 11) is 0. The first-order valence-corrected chi connectivity index (χ1v) is 8.46. The number of carboxylic acid groups (broad SMARTS) is 1. The summed E-state index contributed by atoms with van der Waals surface area (Å²) >= 11 is 0. The first-order valence-electron chi connectivity index (χ1n) is 8.46. The van der Waals surface area contributed by atoms with Crippen LogP contribution in [-0.2, 0) is 28.8 Å². The van der Waals surface area contributed by atoms with E-state index in [0.717, 1.165) is 5.69 Å². The average molecular weight is 450 g/mol. The molecule has 0 saturated heterocycles. The van der Waals surface area contributed by atoms with Crippen LogP contribution in [0.25, 0.3) is 0 Å². The van der Waals surface area contributed by atoms with Gasteiger partial charge >= 0.3 is 5.97 Å². The van der Waals surface area contributed by atoms with Gasteiger partial charge in [0, 0.05) is 24.9 Å². The van der Waals surface area contributed by atoms with Crippen molar-refractivity contribution in [3.8, 4) is 0 Å². The highest BCUT2D eigenvalue weighted by molar-refractivity contribution is 5.82. The lowest BCUT2D eigenvalue weighted by Gasteiger charge is -2.13. The second-order valence-corrected chi connectivity index (χ2v) is 5.49. The summed E-state index contributed by atoms with van der Waals surface area (Å²) in [5, 5.41) is 30.6. The molecule has 4 N–H and O–H groups in total. The molecular weight excluding hydrogens is 428 g/mol. The number of carbonyl (C=O) groups is 3. The lowest BCUT2D eigenvalue weighted by molar-refractivity contribution is -0.790. The van der Waals surface area contributed by atoms with E-state index in [4.69, 9.17) is 9.84 Å². The van der Waals surface area contributed by atoms with Gasteiger partial charge in [0.25, 0.3) is 10.2 Å². The Morgan fingerprint density at radius 1 is 1.19 bits per heavy atom. The fraction of sp³-hybridized carbons (Fsp3) is 0.571. The van der Waals surface area contributed by atoms with Gasteiger partial charge < -0.3 is 35.1 Å². The minimum Gasteiger partial charge on any atom is -0.480 e. The number of nitrogens with zero attached hydrogens (tertiary/aromatic N) is 3. The number of nitrogens with one attached hydrogen (secondary N) is 3. The molecule has 2 amide bonds. The van der Waals surface area contributed by atoms with Crippen molar-refractivity contribution in [1.29, 1.82) is 0 Å². The van der Waals surface area contributed by atoms with E-state index in [9.17, 15) is 34.6 Å². The van der Waals surface area contributed by atoms with Crippen molar-refractivity contribution in [1.82, 2.24) is 20.6 Å². The van der Waals surface area contributed by atoms with Crippen molar-refractivity contribution >= 4 is 17.8 Å². The monoisotopic (exact) mass is 450 g/mol. The number of H-pyrrole nitrogens is 1. The Morgan fingerprint density at radius 3 is 2.39 bits per heavy atom. The largest absolute Gasteiger partial charge is 0.480 e. The maximum atomic E-state index is 11.4. The van der Waals surface area contributed by atoms with Crippen LogP contribution in [0.15, 0.2) is 12.5 Å². The SMILES string of the molecule is Cc1cnc[nH]1.O=C(O)CNC(=O)CCNC(=O)COCC(CO[N+](=O)[O-])O[N+](=O)[O-]. The number of aryl methyl sites for hydroxylation is 1. The summed E-state index contributed by atoms with van der Waals surface area (Å²) in [6.07, 6.45) is 1.87. The van der Waals surface area contributed by atoms with E-state index in [1.165, 1.54) is 0 Å². The Labute approximate surface area is 174 Å². The molecule has 1 rings (SSSR count). The summed E-state index contributed by atoms with van der Waals surface area (Å²) in [5.74, 6) is -2.46. The van der Waals surface area contributed by atoms with Crippen LogP contribution >= 0.6 is 0 Å². The molecule has 1 aromatic heterocycles. The quantitative estimate of drug-likeness (QED) is 0.182. The van der Waals surface area contributed by atoms with Crippen LogP contribution in [0.5, 0.6) is 0 Å². The van der Waals surface area contributed by atoms with Crippen LogP contribution in [0.2, 0.25) is 0 Å². The number of carbonyl (C=O) groups excluding carboxylic acids is 2. The molecule has 0 spiro atoms. The van der Waals surface area contributed by atoms with Gasteiger partial charge in [-0.2, -0.15) is 0 Å². The van der Waals surface area contributed by atoms with Gasteiger partial charge in [-0.05, 0) is 6.92 Å². The number of hydrogen-bond acceptors (Lipinski definition) is 11. The predicted molar refractivity (Wildman–Crippen MR) is 97.2 cm³/mol. The zero-order valence-corrected chi connectivity index (χ0v) is 16.3. The third-order valence-electron chi connectivity index (χ3n) is 2.88. The minimum atomic E-state index is -1.41. The third-order valence-corrected chi connectivity index (χ3v) is 2.88. The number of aromatic amines is 1. The molecule has 0 aliphatic heterocycles. The summed E-state index contributed by atoms with van der Waals surface area (Å²) < 4.78 is 4.80. The van der Waals surface area contributed by atoms with Gasteiger partial charge in [-0.25, -0.2) is 4.98 Å². The van der Waals surface area contributed by atoms with Gasteiger partial charge in [0.2, 0.25) is 11.8 Å². The van der Waals surface area contributed by atoms with E-state index in [2.05, 4.69) is 30.3 Å². The number of hydrogen-bond donors (Lipinski definition) is 4. The molecule has 0 saturated carbocycles. The molecule has 1 unspecified atom stereocenters. The number of amides is 2. The summed E-state index contributed by atoms with van der Waals surface area (Å²) in [4.78, 5) is 67.6. The average Bonchev–Trinajstić information content (AvgIpc) is 3.15. The van der Waals surface area contributed by atoms with E-state index in [1.807, 2.05) is 6.92 Å². The van der Waals surface area contributed by atoms with Crippen LogP contribution in [-0.4, -0.2) is 82.0 Å². The number of aliphatic carboxylic acids is 1. The molecule has 17 nitrogen and oxygen atoms in total. The molecule has 0 bridgehead atoms. The molecule has 17 heteroatoms. The van der Waals surface area contributed by atoms with Crippen LogP contribution in [0.4, 0.5) is 0 Å². The fourth-order valence-electron chi connectivity index (χ4n) is 1.61. The fourth-order valence-corrected chi connectivity index (χ4v) is 1.61. The molecule has 1 heterocycles. The maximum absolute atomic E-state index is 11.4. The Morgan fingerprint density at radius 2 is 1.90 bits per heavy atom. The predicted octanol–water partition coefficient (Wildman–Crippen LogP) is -1.79. The van der Waals surface area contributed by atoms with Crippen molar-refractivity contribution in [2.24, 2.45) is 0 Å². The Kier molecular flexibility index (Phi) is 13.8. The standard InChI is InChI=1S/C10H16N4O11.C4H6N2/c15-8(12-3-10(17)18)1-2-11-9(16)6-23-4-7(25-14(21)22)5-24-13(19)20;1-4-2-5-3-6-4/h7H,1-6H2,(H,11,16)(H,12,15)(H,17,18);2-3H,1H3,(H,5,6). The first-order chi connectivity index (χ1) is 14.6. The molecule has 31 heavy (non-hydrogen) atoms. The van der Waals surface area contributed by atoms with Gasteiger partial charge in [-0.15, -0.1) is 20.2 Å². The second-order valence-electron chi connectivity index (χ2n) is 5.49. The van der Waals surface area contributed by atoms with Gasteiger partial charge in [0.05, 0.1) is 12.9 Å². The molecule has 0 fully saturated rings. The summed E-state index contributed by atoms with van der Waals surface area (Å²) in [6, 6.07) is 0. The highest BCUT2D eigenvalue weighted by Crippen LogP contribution is 1.96. The van der Waals surface area contributed by atoms with E-state index in [-0.39, 0.29) is 13.0 Å². The smallest absolute Gasteiger partial charge is 0.322 e. The second kappa shape index (κ2) is 15.9. The molecule has 0 aromatic carbocycles. The van der Waals surface area contributed by atoms with Crippen LogP contribution < -0.4 is 10.6 Å². The number of aromatic nitrogens is 2. The molecule has 1 aromatic rings. The highest BCUT2D eigenvalue weighted by Gasteiger charge is 2.17. The van der Waals surface area contributed by atoms with Crippen molar-refractivity contribution in [2.45, 2.75) is 19.4 Å². The topological polar surface area (TPSA) is 238 Å². The Hall–Kier alpha value is -4.02. The number of rotatable bonds is 14. The van der Waals surface area contributed by atoms with E-state index >= 15 is 0 Å². The normalized spacial score (nSPS) is 10.6. The van der Waals surface area contributed by atoms with Crippen LogP contribution in [0.1, 0.15) is 12.1 Å². The molecular formula is C14H22N6O11. The number of carboxylic acids is 1. The van der Waals surface area contributed by atoms with E-state index < -0.39 is 60.4 Å². The minimum absolute atomic E-state index is 0.0904. The lowest BCUT2D eigenvalue weighted by atomic mass is 10.4. The van der Waals surface area contributed by atoms with Crippen LogP contribution in [0, 0.1) is 27.2 Å². The maximum Gasteiger partial charge on any atom is 0.322 e. The van der Waals surface area contributed by atoms with Gasteiger partial charge in [0.15, 0.2) is 6.10 Å². The zero-order chi connectivity index (χ0) is 23.6. The molecule has 0 aliphatic rings. The summed E-state index contributed by atoms with van der Waals surface area (Å²) in [5.41, 5.74) is 1.11. The van der Waals surface area contributed by atoms with Crippen molar-refractivity contribution < 1.29 is 44.1 Å².